The minimum atomic E-state index is -0.0337. The summed E-state index contributed by atoms with van der Waals surface area (Å²) >= 11 is 6.28. The molecule has 0 N–H and O–H groups in total. The Balaban J connectivity index is 1.79. The van der Waals surface area contributed by atoms with Crippen LogP contribution in [-0.4, -0.2) is 71.4 Å². The lowest BCUT2D eigenvalue weighted by Gasteiger charge is -2.38. The van der Waals surface area contributed by atoms with E-state index in [-0.39, 0.29) is 11.9 Å². The first kappa shape index (κ1) is 17.7. The Morgan fingerprint density at radius 3 is 2.75 bits per heavy atom. The molecule has 0 saturated carbocycles. The molecule has 2 aliphatic rings. The van der Waals surface area contributed by atoms with Gasteiger partial charge in [-0.15, -0.1) is 0 Å². The molecule has 0 spiro atoms. The third-order valence-electron chi connectivity index (χ3n) is 5.11. The zero-order chi connectivity index (χ0) is 17.1. The summed E-state index contributed by atoms with van der Waals surface area (Å²) in [5, 5.41) is 4.83. The maximum absolute atomic E-state index is 13.2. The third kappa shape index (κ3) is 3.92. The zero-order valence-electron chi connectivity index (χ0n) is 14.6. The Hall–Kier alpha value is -1.11. The Bertz CT molecular complexity index is 563. The van der Waals surface area contributed by atoms with E-state index < -0.39 is 0 Å². The van der Waals surface area contributed by atoms with E-state index in [1.807, 2.05) is 11.8 Å². The van der Waals surface area contributed by atoms with Gasteiger partial charge in [0.25, 0.3) is 5.91 Å². The first-order valence-corrected chi connectivity index (χ1v) is 9.26. The second-order valence-corrected chi connectivity index (χ2v) is 7.31. The topological polar surface area (TPSA) is 50.6 Å². The van der Waals surface area contributed by atoms with Crippen molar-refractivity contribution in [2.75, 3.05) is 39.9 Å². The highest BCUT2D eigenvalue weighted by Crippen LogP contribution is 2.24. The van der Waals surface area contributed by atoms with Gasteiger partial charge in [0, 0.05) is 37.9 Å². The Kier molecular flexibility index (Phi) is 5.79. The fourth-order valence-electron chi connectivity index (χ4n) is 3.55. The number of carbonyl (C=O) groups excluding carboxylic acids is 1. The molecule has 134 valence electrons. The Morgan fingerprint density at radius 1 is 1.42 bits per heavy atom. The van der Waals surface area contributed by atoms with Gasteiger partial charge in [-0.1, -0.05) is 11.6 Å². The number of halogens is 1. The van der Waals surface area contributed by atoms with Crippen LogP contribution in [0.5, 0.6) is 0 Å². The lowest BCUT2D eigenvalue weighted by molar-refractivity contribution is 0.0530. The number of piperidine rings is 1. The van der Waals surface area contributed by atoms with Gasteiger partial charge in [-0.2, -0.15) is 5.10 Å². The van der Waals surface area contributed by atoms with Crippen molar-refractivity contribution in [2.45, 2.75) is 38.8 Å². The van der Waals surface area contributed by atoms with Crippen LogP contribution in [-0.2, 0) is 11.3 Å². The van der Waals surface area contributed by atoms with Crippen molar-refractivity contribution in [3.8, 4) is 0 Å². The van der Waals surface area contributed by atoms with Crippen LogP contribution in [0.2, 0.25) is 5.02 Å². The standard InChI is InChI=1S/C17H27ClN4O2/c1-3-21-11-15(18)16(19-21)17(23)22(10-13-6-9-24-12-13)14-4-7-20(2)8-5-14/h11,13-14H,3-10,12H2,1-2H3. The molecule has 7 heteroatoms. The van der Waals surface area contributed by atoms with Crippen LogP contribution in [0.15, 0.2) is 6.20 Å². The molecule has 2 saturated heterocycles. The van der Waals surface area contributed by atoms with E-state index in [1.54, 1.807) is 10.9 Å². The number of amides is 1. The SMILES string of the molecule is CCn1cc(Cl)c(C(=O)N(CC2CCOC2)C2CCN(C)CC2)n1. The zero-order valence-corrected chi connectivity index (χ0v) is 15.3. The normalized spacial score (nSPS) is 22.9. The van der Waals surface area contributed by atoms with E-state index >= 15 is 0 Å². The van der Waals surface area contributed by atoms with Gasteiger partial charge >= 0.3 is 0 Å². The van der Waals surface area contributed by atoms with E-state index in [2.05, 4.69) is 17.0 Å². The molecule has 24 heavy (non-hydrogen) atoms. The smallest absolute Gasteiger partial charge is 0.276 e. The predicted molar refractivity (Wildman–Crippen MR) is 93.4 cm³/mol. The summed E-state index contributed by atoms with van der Waals surface area (Å²) in [7, 11) is 2.13. The van der Waals surface area contributed by atoms with E-state index in [1.165, 1.54) is 0 Å². The number of rotatable bonds is 5. The van der Waals surface area contributed by atoms with E-state index in [0.29, 0.717) is 23.2 Å². The molecular formula is C17H27ClN4O2. The van der Waals surface area contributed by atoms with Gasteiger partial charge in [0.15, 0.2) is 5.69 Å². The average Bonchev–Trinajstić information content (AvgIpc) is 3.22. The first-order chi connectivity index (χ1) is 11.6. The fourth-order valence-corrected chi connectivity index (χ4v) is 3.78. The van der Waals surface area contributed by atoms with Crippen molar-refractivity contribution in [2.24, 2.45) is 5.92 Å². The molecule has 3 rings (SSSR count). The number of aromatic nitrogens is 2. The van der Waals surface area contributed by atoms with Gasteiger partial charge in [-0.3, -0.25) is 9.48 Å². The predicted octanol–water partition coefficient (Wildman–Crippen LogP) is 2.13. The molecule has 2 fully saturated rings. The van der Waals surface area contributed by atoms with E-state index in [0.717, 1.165) is 52.1 Å². The van der Waals surface area contributed by atoms with Crippen LogP contribution >= 0.6 is 11.6 Å². The van der Waals surface area contributed by atoms with Crippen LogP contribution in [0, 0.1) is 5.92 Å². The van der Waals surface area contributed by atoms with Crippen LogP contribution in [0.25, 0.3) is 0 Å². The van der Waals surface area contributed by atoms with Crippen LogP contribution in [0.3, 0.4) is 0 Å². The van der Waals surface area contributed by atoms with E-state index in [4.69, 9.17) is 16.3 Å². The van der Waals surface area contributed by atoms with Crippen molar-refractivity contribution in [3.05, 3.63) is 16.9 Å². The van der Waals surface area contributed by atoms with Crippen molar-refractivity contribution in [1.82, 2.24) is 19.6 Å². The van der Waals surface area contributed by atoms with Crippen molar-refractivity contribution < 1.29 is 9.53 Å². The quantitative estimate of drug-likeness (QED) is 0.812. The minimum Gasteiger partial charge on any atom is -0.381 e. The summed E-state index contributed by atoms with van der Waals surface area (Å²) in [6.45, 7) is 7.01. The van der Waals surface area contributed by atoms with Crippen LogP contribution in [0.4, 0.5) is 0 Å². The molecule has 1 unspecified atom stereocenters. The number of nitrogens with zero attached hydrogens (tertiary/aromatic N) is 4. The molecular weight excluding hydrogens is 328 g/mol. The Labute approximate surface area is 148 Å². The molecule has 6 nitrogen and oxygen atoms in total. The summed E-state index contributed by atoms with van der Waals surface area (Å²) in [5.41, 5.74) is 0.386. The molecule has 3 heterocycles. The molecule has 0 aromatic carbocycles. The van der Waals surface area contributed by atoms with Gasteiger partial charge in [-0.25, -0.2) is 0 Å². The van der Waals surface area contributed by atoms with Crippen LogP contribution in [0.1, 0.15) is 36.7 Å². The summed E-state index contributed by atoms with van der Waals surface area (Å²) in [6, 6.07) is 0.261. The minimum absolute atomic E-state index is 0.0337. The van der Waals surface area contributed by atoms with Gasteiger partial charge < -0.3 is 14.5 Å². The number of hydrogen-bond acceptors (Lipinski definition) is 4. The largest absolute Gasteiger partial charge is 0.381 e. The molecule has 1 aromatic heterocycles. The van der Waals surface area contributed by atoms with Gasteiger partial charge in [0.1, 0.15) is 0 Å². The highest BCUT2D eigenvalue weighted by atomic mass is 35.5. The lowest BCUT2D eigenvalue weighted by Crippen LogP contribution is -2.48. The highest BCUT2D eigenvalue weighted by molar-refractivity contribution is 6.33. The van der Waals surface area contributed by atoms with Crippen molar-refractivity contribution >= 4 is 17.5 Å². The molecule has 0 aliphatic carbocycles. The second kappa shape index (κ2) is 7.85. The first-order valence-electron chi connectivity index (χ1n) is 8.88. The Morgan fingerprint density at radius 2 is 2.17 bits per heavy atom. The number of likely N-dealkylation sites (tertiary alicyclic amines) is 1. The molecule has 2 aliphatic heterocycles. The molecule has 0 bridgehead atoms. The number of hydrogen-bond donors (Lipinski definition) is 0. The highest BCUT2D eigenvalue weighted by Gasteiger charge is 2.32. The van der Waals surface area contributed by atoms with Crippen molar-refractivity contribution in [1.29, 1.82) is 0 Å². The number of carbonyl (C=O) groups is 1. The number of aryl methyl sites for hydroxylation is 1. The maximum atomic E-state index is 13.2. The summed E-state index contributed by atoms with van der Waals surface area (Å²) in [5.74, 6) is 0.384. The maximum Gasteiger partial charge on any atom is 0.276 e. The van der Waals surface area contributed by atoms with Gasteiger partial charge in [0.05, 0.1) is 11.6 Å². The van der Waals surface area contributed by atoms with Gasteiger partial charge in [-0.05, 0) is 46.3 Å². The molecule has 0 radical (unpaired) electrons. The number of ether oxygens (including phenoxy) is 1. The monoisotopic (exact) mass is 354 g/mol. The molecule has 1 amide bonds. The van der Waals surface area contributed by atoms with Crippen molar-refractivity contribution in [3.63, 3.8) is 0 Å². The summed E-state index contributed by atoms with van der Waals surface area (Å²) in [6.07, 6.45) is 4.76. The second-order valence-electron chi connectivity index (χ2n) is 6.90. The van der Waals surface area contributed by atoms with Gasteiger partial charge in [0.2, 0.25) is 0 Å². The molecule has 1 atom stereocenters. The summed E-state index contributed by atoms with van der Waals surface area (Å²) in [4.78, 5) is 17.5. The lowest BCUT2D eigenvalue weighted by atomic mass is 10.00. The molecule has 1 aromatic rings. The average molecular weight is 355 g/mol. The van der Waals surface area contributed by atoms with Crippen LogP contribution < -0.4 is 0 Å². The summed E-state index contributed by atoms with van der Waals surface area (Å²) < 4.78 is 7.22. The fraction of sp³-hybridized carbons (Fsp3) is 0.765. The third-order valence-corrected chi connectivity index (χ3v) is 5.39. The van der Waals surface area contributed by atoms with E-state index in [9.17, 15) is 4.79 Å².